The van der Waals surface area contributed by atoms with Gasteiger partial charge in [0.05, 0.1) is 12.1 Å². The molecule has 88 valence electrons. The molecule has 1 fully saturated rings. The minimum atomic E-state index is 0.243. The van der Waals surface area contributed by atoms with Crippen molar-refractivity contribution in [2.75, 3.05) is 11.9 Å². The van der Waals surface area contributed by atoms with Crippen LogP contribution < -0.4 is 5.32 Å². The van der Waals surface area contributed by atoms with Gasteiger partial charge in [0.15, 0.2) is 0 Å². The maximum absolute atomic E-state index is 5.77. The number of halogens is 1. The summed E-state index contributed by atoms with van der Waals surface area (Å²) in [6.45, 7) is 4.92. The third-order valence-corrected chi connectivity index (χ3v) is 3.01. The van der Waals surface area contributed by atoms with Gasteiger partial charge in [-0.15, -0.1) is 0 Å². The number of nitrogens with zero attached hydrogens (tertiary/aromatic N) is 2. The number of hydrogen-bond acceptors (Lipinski definition) is 4. The summed E-state index contributed by atoms with van der Waals surface area (Å²) < 4.78 is 5.62. The lowest BCUT2D eigenvalue weighted by Gasteiger charge is -2.21. The summed E-state index contributed by atoms with van der Waals surface area (Å²) in [5, 5.41) is 3.60. The van der Waals surface area contributed by atoms with Crippen LogP contribution in [-0.4, -0.2) is 28.7 Å². The topological polar surface area (TPSA) is 47.0 Å². The van der Waals surface area contributed by atoms with E-state index < -0.39 is 0 Å². The van der Waals surface area contributed by atoms with Crippen molar-refractivity contribution in [3.05, 3.63) is 17.0 Å². The minimum Gasteiger partial charge on any atom is -0.376 e. The number of anilines is 1. The molecule has 0 aliphatic carbocycles. The van der Waals surface area contributed by atoms with Gasteiger partial charge < -0.3 is 10.1 Å². The van der Waals surface area contributed by atoms with Crippen LogP contribution in [0.15, 0.2) is 6.20 Å². The lowest BCUT2D eigenvalue weighted by atomic mass is 10.1. The van der Waals surface area contributed by atoms with Crippen LogP contribution in [0.1, 0.15) is 25.3 Å². The highest BCUT2D eigenvalue weighted by Gasteiger charge is 2.22. The quantitative estimate of drug-likeness (QED) is 0.826. The van der Waals surface area contributed by atoms with E-state index in [2.05, 4.69) is 22.2 Å². The summed E-state index contributed by atoms with van der Waals surface area (Å²) in [6.07, 6.45) is 4.24. The Balaban J connectivity index is 2.04. The second kappa shape index (κ2) is 4.97. The lowest BCUT2D eigenvalue weighted by molar-refractivity contribution is 0.0995. The molecule has 2 unspecified atom stereocenters. The molecular weight excluding hydrogens is 226 g/mol. The average Bonchev–Trinajstić information content (AvgIpc) is 2.76. The minimum absolute atomic E-state index is 0.243. The standard InChI is InChI=1S/C11H16ClN3O/c1-7-6-13-11(12)15-10(7)14-8(2)9-4-3-5-16-9/h6,8-9H,3-5H2,1-2H3,(H,13,14,15). The van der Waals surface area contributed by atoms with E-state index in [1.807, 2.05) is 6.92 Å². The number of aryl methyl sites for hydroxylation is 1. The van der Waals surface area contributed by atoms with E-state index in [1.165, 1.54) is 0 Å². The van der Waals surface area contributed by atoms with Gasteiger partial charge in [0.25, 0.3) is 0 Å². The van der Waals surface area contributed by atoms with Crippen molar-refractivity contribution in [2.45, 2.75) is 38.8 Å². The number of rotatable bonds is 3. The van der Waals surface area contributed by atoms with Gasteiger partial charge >= 0.3 is 0 Å². The van der Waals surface area contributed by atoms with Crippen molar-refractivity contribution in [1.82, 2.24) is 9.97 Å². The molecule has 1 N–H and O–H groups in total. The van der Waals surface area contributed by atoms with Crippen molar-refractivity contribution in [3.63, 3.8) is 0 Å². The van der Waals surface area contributed by atoms with Crippen LogP contribution in [0, 0.1) is 6.92 Å². The Bertz CT molecular complexity index is 366. The van der Waals surface area contributed by atoms with Crippen LogP contribution in [0.25, 0.3) is 0 Å². The van der Waals surface area contributed by atoms with Gasteiger partial charge in [0.1, 0.15) is 5.82 Å². The number of ether oxygens (including phenoxy) is 1. The van der Waals surface area contributed by atoms with Crippen LogP contribution in [0.4, 0.5) is 5.82 Å². The molecule has 1 saturated heterocycles. The molecule has 0 saturated carbocycles. The molecule has 2 heterocycles. The molecule has 0 spiro atoms. The molecule has 0 radical (unpaired) electrons. The van der Waals surface area contributed by atoms with E-state index >= 15 is 0 Å². The maximum atomic E-state index is 5.77. The largest absolute Gasteiger partial charge is 0.376 e. The van der Waals surface area contributed by atoms with Gasteiger partial charge in [-0.25, -0.2) is 9.97 Å². The number of hydrogen-bond donors (Lipinski definition) is 1. The Labute approximate surface area is 100 Å². The zero-order valence-electron chi connectivity index (χ0n) is 9.53. The van der Waals surface area contributed by atoms with Gasteiger partial charge in [-0.2, -0.15) is 0 Å². The molecule has 2 rings (SSSR count). The number of nitrogens with one attached hydrogen (secondary N) is 1. The summed E-state index contributed by atoms with van der Waals surface area (Å²) in [5.41, 5.74) is 0.995. The molecular formula is C11H16ClN3O. The normalized spacial score (nSPS) is 22.1. The van der Waals surface area contributed by atoms with E-state index in [0.717, 1.165) is 30.8 Å². The molecule has 1 aliphatic heterocycles. The highest BCUT2D eigenvalue weighted by Crippen LogP contribution is 2.20. The first-order chi connectivity index (χ1) is 7.66. The van der Waals surface area contributed by atoms with Crippen LogP contribution >= 0.6 is 11.6 Å². The molecule has 1 aromatic rings. The van der Waals surface area contributed by atoms with Gasteiger partial charge in [0.2, 0.25) is 5.28 Å². The Morgan fingerprint density at radius 1 is 1.62 bits per heavy atom. The summed E-state index contributed by atoms with van der Waals surface area (Å²) in [4.78, 5) is 8.10. The second-order valence-electron chi connectivity index (χ2n) is 4.16. The highest BCUT2D eigenvalue weighted by molar-refractivity contribution is 6.28. The van der Waals surface area contributed by atoms with Gasteiger partial charge in [-0.05, 0) is 38.3 Å². The van der Waals surface area contributed by atoms with Crippen molar-refractivity contribution in [1.29, 1.82) is 0 Å². The fraction of sp³-hybridized carbons (Fsp3) is 0.636. The lowest BCUT2D eigenvalue weighted by Crippen LogP contribution is -2.30. The van der Waals surface area contributed by atoms with Crippen molar-refractivity contribution in [2.24, 2.45) is 0 Å². The third-order valence-electron chi connectivity index (χ3n) is 2.83. The fourth-order valence-corrected chi connectivity index (χ4v) is 2.01. The Morgan fingerprint density at radius 2 is 2.44 bits per heavy atom. The predicted octanol–water partition coefficient (Wildman–Crippen LogP) is 2.42. The second-order valence-corrected chi connectivity index (χ2v) is 4.49. The Hall–Kier alpha value is -0.870. The summed E-state index contributed by atoms with van der Waals surface area (Å²) in [5.74, 6) is 0.794. The van der Waals surface area contributed by atoms with Crippen LogP contribution in [0.5, 0.6) is 0 Å². The molecule has 2 atom stereocenters. The highest BCUT2D eigenvalue weighted by atomic mass is 35.5. The maximum Gasteiger partial charge on any atom is 0.224 e. The first-order valence-corrected chi connectivity index (χ1v) is 5.92. The van der Waals surface area contributed by atoms with E-state index in [4.69, 9.17) is 16.3 Å². The van der Waals surface area contributed by atoms with E-state index in [-0.39, 0.29) is 17.4 Å². The number of aromatic nitrogens is 2. The van der Waals surface area contributed by atoms with E-state index in [9.17, 15) is 0 Å². The predicted molar refractivity (Wildman–Crippen MR) is 63.8 cm³/mol. The van der Waals surface area contributed by atoms with Gasteiger partial charge in [0, 0.05) is 18.4 Å². The van der Waals surface area contributed by atoms with Crippen molar-refractivity contribution < 1.29 is 4.74 Å². The molecule has 1 aromatic heterocycles. The fourth-order valence-electron chi connectivity index (χ4n) is 1.87. The summed E-state index contributed by atoms with van der Waals surface area (Å²) >= 11 is 5.77. The molecule has 0 amide bonds. The molecule has 0 aromatic carbocycles. The third kappa shape index (κ3) is 2.62. The monoisotopic (exact) mass is 241 g/mol. The van der Waals surface area contributed by atoms with Gasteiger partial charge in [-0.3, -0.25) is 0 Å². The zero-order valence-corrected chi connectivity index (χ0v) is 10.3. The van der Waals surface area contributed by atoms with Crippen molar-refractivity contribution in [3.8, 4) is 0 Å². The van der Waals surface area contributed by atoms with Crippen LogP contribution in [-0.2, 0) is 4.74 Å². The average molecular weight is 242 g/mol. The van der Waals surface area contributed by atoms with Crippen LogP contribution in [0.3, 0.4) is 0 Å². The molecule has 16 heavy (non-hydrogen) atoms. The molecule has 4 nitrogen and oxygen atoms in total. The van der Waals surface area contributed by atoms with Crippen LogP contribution in [0.2, 0.25) is 5.28 Å². The summed E-state index contributed by atoms with van der Waals surface area (Å²) in [6, 6.07) is 0.243. The van der Waals surface area contributed by atoms with E-state index in [1.54, 1.807) is 6.20 Å². The van der Waals surface area contributed by atoms with E-state index in [0.29, 0.717) is 0 Å². The SMILES string of the molecule is Cc1cnc(Cl)nc1NC(C)C1CCCO1. The first kappa shape index (κ1) is 11.6. The smallest absolute Gasteiger partial charge is 0.224 e. The van der Waals surface area contributed by atoms with Gasteiger partial charge in [-0.1, -0.05) is 0 Å². The Morgan fingerprint density at radius 3 is 3.12 bits per heavy atom. The zero-order chi connectivity index (χ0) is 11.5. The molecule has 5 heteroatoms. The van der Waals surface area contributed by atoms with Crippen molar-refractivity contribution >= 4 is 17.4 Å². The first-order valence-electron chi connectivity index (χ1n) is 5.54. The summed E-state index contributed by atoms with van der Waals surface area (Å²) in [7, 11) is 0. The Kier molecular flexibility index (Phi) is 3.61. The molecule has 0 bridgehead atoms. The molecule has 1 aliphatic rings.